The molecule has 1 aliphatic rings. The van der Waals surface area contributed by atoms with Crippen molar-refractivity contribution in [1.82, 2.24) is 4.90 Å². The minimum atomic E-state index is -0.925. The number of amides is 1. The van der Waals surface area contributed by atoms with Crippen LogP contribution >= 0.6 is 0 Å². The molecule has 0 saturated heterocycles. The van der Waals surface area contributed by atoms with Gasteiger partial charge in [0.1, 0.15) is 5.75 Å². The Morgan fingerprint density at radius 2 is 1.94 bits per heavy atom. The minimum Gasteiger partial charge on any atom is -0.478 e. The van der Waals surface area contributed by atoms with E-state index < -0.39 is 12.1 Å². The van der Waals surface area contributed by atoms with Crippen LogP contribution in [0.25, 0.3) is 0 Å². The van der Waals surface area contributed by atoms with Crippen molar-refractivity contribution in [2.45, 2.75) is 6.42 Å². The molecule has 0 spiro atoms. The molecule has 0 saturated carbocycles. The monoisotopic (exact) mass is 247 g/mol. The van der Waals surface area contributed by atoms with Gasteiger partial charge in [-0.1, -0.05) is 24.3 Å². The Morgan fingerprint density at radius 3 is 2.50 bits per heavy atom. The van der Waals surface area contributed by atoms with Crippen molar-refractivity contribution in [3.05, 3.63) is 42.0 Å². The van der Waals surface area contributed by atoms with Crippen molar-refractivity contribution in [2.24, 2.45) is 0 Å². The minimum absolute atomic E-state index is 0.271. The molecule has 5 heteroatoms. The molecule has 0 unspecified atom stereocenters. The highest BCUT2D eigenvalue weighted by Crippen LogP contribution is 2.14. The van der Waals surface area contributed by atoms with Gasteiger partial charge in [-0.15, -0.1) is 0 Å². The third-order valence-electron chi connectivity index (χ3n) is 2.69. The lowest BCUT2D eigenvalue weighted by Gasteiger charge is -2.24. The lowest BCUT2D eigenvalue weighted by Crippen LogP contribution is -2.37. The molecule has 0 bridgehead atoms. The quantitative estimate of drug-likeness (QED) is 0.866. The molecule has 0 fully saturated rings. The molecule has 1 aliphatic heterocycles. The van der Waals surface area contributed by atoms with E-state index in [9.17, 15) is 9.59 Å². The fourth-order valence-corrected chi connectivity index (χ4v) is 1.68. The summed E-state index contributed by atoms with van der Waals surface area (Å²) in [7, 11) is 0. The van der Waals surface area contributed by atoms with Crippen LogP contribution in [0.4, 0.5) is 4.79 Å². The summed E-state index contributed by atoms with van der Waals surface area (Å²) in [5, 5.41) is 8.80. The number of carboxylic acid groups (broad SMARTS) is 1. The van der Waals surface area contributed by atoms with E-state index in [0.29, 0.717) is 24.3 Å². The highest BCUT2D eigenvalue weighted by atomic mass is 16.6. The summed E-state index contributed by atoms with van der Waals surface area (Å²) in [6.07, 6.45) is 1.43. The van der Waals surface area contributed by atoms with Crippen LogP contribution < -0.4 is 4.74 Å². The van der Waals surface area contributed by atoms with Crippen LogP contribution in [0.1, 0.15) is 6.42 Å². The van der Waals surface area contributed by atoms with Gasteiger partial charge in [0.25, 0.3) is 0 Å². The number of aliphatic carboxylic acids is 1. The molecule has 0 aromatic heterocycles. The molecule has 0 atom stereocenters. The van der Waals surface area contributed by atoms with Gasteiger partial charge in [0.2, 0.25) is 0 Å². The number of carboxylic acids is 1. The largest absolute Gasteiger partial charge is 0.478 e. The molecule has 1 heterocycles. The topological polar surface area (TPSA) is 66.8 Å². The molecule has 1 aromatic rings. The van der Waals surface area contributed by atoms with Gasteiger partial charge in [0, 0.05) is 18.7 Å². The molecule has 18 heavy (non-hydrogen) atoms. The Morgan fingerprint density at radius 1 is 1.22 bits per heavy atom. The zero-order chi connectivity index (χ0) is 13.0. The standard InChI is InChI=1S/C13H13NO4/c15-12(16)10-6-8-14(9-7-10)13(17)18-11-4-2-1-3-5-11/h1-6H,7-9H2,(H,15,16). The molecule has 94 valence electrons. The second kappa shape index (κ2) is 5.35. The number of benzene rings is 1. The van der Waals surface area contributed by atoms with E-state index in [1.54, 1.807) is 24.3 Å². The third-order valence-corrected chi connectivity index (χ3v) is 2.69. The lowest BCUT2D eigenvalue weighted by atomic mass is 10.1. The van der Waals surface area contributed by atoms with Crippen molar-refractivity contribution >= 4 is 12.1 Å². The summed E-state index contributed by atoms with van der Waals surface area (Å²) in [4.78, 5) is 24.0. The van der Waals surface area contributed by atoms with Gasteiger partial charge in [0.15, 0.2) is 0 Å². The van der Waals surface area contributed by atoms with Crippen molar-refractivity contribution in [2.75, 3.05) is 13.1 Å². The molecule has 5 nitrogen and oxygen atoms in total. The van der Waals surface area contributed by atoms with E-state index in [1.165, 1.54) is 11.0 Å². The second-order valence-electron chi connectivity index (χ2n) is 3.91. The van der Waals surface area contributed by atoms with Crippen molar-refractivity contribution in [1.29, 1.82) is 0 Å². The predicted molar refractivity (Wildman–Crippen MR) is 64.4 cm³/mol. The summed E-state index contributed by atoms with van der Waals surface area (Å²) < 4.78 is 5.16. The van der Waals surface area contributed by atoms with Gasteiger partial charge in [-0.25, -0.2) is 9.59 Å². The normalized spacial score (nSPS) is 14.9. The Kier molecular flexibility index (Phi) is 3.62. The number of hydrogen-bond donors (Lipinski definition) is 1. The smallest absolute Gasteiger partial charge is 0.415 e. The van der Waals surface area contributed by atoms with E-state index in [1.807, 2.05) is 6.07 Å². The van der Waals surface area contributed by atoms with Crippen LogP contribution in [0.5, 0.6) is 5.75 Å². The molecule has 0 radical (unpaired) electrons. The van der Waals surface area contributed by atoms with E-state index in [-0.39, 0.29) is 6.54 Å². The van der Waals surface area contributed by atoms with Crippen LogP contribution in [-0.4, -0.2) is 35.2 Å². The van der Waals surface area contributed by atoms with Crippen molar-refractivity contribution in [3.8, 4) is 5.75 Å². The Bertz CT molecular complexity index is 481. The first-order valence-electron chi connectivity index (χ1n) is 5.61. The number of ether oxygens (including phenoxy) is 1. The maximum Gasteiger partial charge on any atom is 0.415 e. The maximum absolute atomic E-state index is 11.8. The SMILES string of the molecule is O=C(O)C1=CCN(C(=O)Oc2ccccc2)CC1. The number of para-hydroxylation sites is 1. The first kappa shape index (κ1) is 12.2. The third kappa shape index (κ3) is 2.88. The van der Waals surface area contributed by atoms with Gasteiger partial charge in [0.05, 0.1) is 0 Å². The fraction of sp³-hybridized carbons (Fsp3) is 0.231. The number of rotatable bonds is 2. The molecular weight excluding hydrogens is 234 g/mol. The molecule has 2 rings (SSSR count). The Hall–Kier alpha value is -2.30. The zero-order valence-electron chi connectivity index (χ0n) is 9.70. The highest BCUT2D eigenvalue weighted by molar-refractivity contribution is 5.87. The van der Waals surface area contributed by atoms with Crippen LogP contribution in [0.3, 0.4) is 0 Å². The second-order valence-corrected chi connectivity index (χ2v) is 3.91. The van der Waals surface area contributed by atoms with Crippen LogP contribution in [0.2, 0.25) is 0 Å². The Balaban J connectivity index is 1.94. The average molecular weight is 247 g/mol. The molecule has 1 aromatic carbocycles. The molecule has 1 N–H and O–H groups in total. The number of carbonyl (C=O) groups is 2. The Labute approximate surface area is 104 Å². The van der Waals surface area contributed by atoms with Gasteiger partial charge < -0.3 is 14.7 Å². The first-order chi connectivity index (χ1) is 8.66. The summed E-state index contributed by atoms with van der Waals surface area (Å²) in [6, 6.07) is 8.78. The van der Waals surface area contributed by atoms with Gasteiger partial charge >= 0.3 is 12.1 Å². The van der Waals surface area contributed by atoms with E-state index >= 15 is 0 Å². The number of carbonyl (C=O) groups excluding carboxylic acids is 1. The van der Waals surface area contributed by atoms with Crippen molar-refractivity contribution in [3.63, 3.8) is 0 Å². The van der Waals surface area contributed by atoms with E-state index in [2.05, 4.69) is 0 Å². The summed E-state index contributed by atoms with van der Waals surface area (Å²) >= 11 is 0. The lowest BCUT2D eigenvalue weighted by molar-refractivity contribution is -0.133. The highest BCUT2D eigenvalue weighted by Gasteiger charge is 2.21. The van der Waals surface area contributed by atoms with Crippen LogP contribution in [0, 0.1) is 0 Å². The van der Waals surface area contributed by atoms with Gasteiger partial charge in [-0.05, 0) is 18.6 Å². The average Bonchev–Trinajstić information content (AvgIpc) is 2.40. The predicted octanol–water partition coefficient (Wildman–Crippen LogP) is 1.90. The van der Waals surface area contributed by atoms with Gasteiger partial charge in [-0.3, -0.25) is 0 Å². The maximum atomic E-state index is 11.8. The summed E-state index contributed by atoms with van der Waals surface area (Å²) in [5.41, 5.74) is 0.346. The van der Waals surface area contributed by atoms with Gasteiger partial charge in [-0.2, -0.15) is 0 Å². The number of hydrogen-bond acceptors (Lipinski definition) is 3. The first-order valence-corrected chi connectivity index (χ1v) is 5.61. The van der Waals surface area contributed by atoms with E-state index in [4.69, 9.17) is 9.84 Å². The summed E-state index contributed by atoms with van der Waals surface area (Å²) in [6.45, 7) is 0.636. The number of nitrogens with zero attached hydrogens (tertiary/aromatic N) is 1. The molecular formula is C13H13NO4. The molecule has 1 amide bonds. The molecule has 0 aliphatic carbocycles. The fourth-order valence-electron chi connectivity index (χ4n) is 1.68. The zero-order valence-corrected chi connectivity index (χ0v) is 9.70. The van der Waals surface area contributed by atoms with E-state index in [0.717, 1.165) is 0 Å². The van der Waals surface area contributed by atoms with Crippen LogP contribution in [-0.2, 0) is 4.79 Å². The van der Waals surface area contributed by atoms with Crippen LogP contribution in [0.15, 0.2) is 42.0 Å². The summed E-state index contributed by atoms with van der Waals surface area (Å²) in [5.74, 6) is -0.443. The van der Waals surface area contributed by atoms with Crippen molar-refractivity contribution < 1.29 is 19.4 Å².